The van der Waals surface area contributed by atoms with Crippen LogP contribution in [0.5, 0.6) is 0 Å². The number of carbonyl (C=O) groups excluding carboxylic acids is 2. The lowest BCUT2D eigenvalue weighted by molar-refractivity contribution is -0.161. The fourth-order valence-corrected chi connectivity index (χ4v) is 9.18. The molecule has 0 aromatic rings. The van der Waals surface area contributed by atoms with Gasteiger partial charge in [-0.25, -0.2) is 4.57 Å². The van der Waals surface area contributed by atoms with Crippen LogP contribution in [-0.2, 0) is 32.7 Å². The number of phosphoric ester groups is 1. The molecule has 3 N–H and O–H groups in total. The predicted molar refractivity (Wildman–Crippen MR) is 293 cm³/mol. The quantitative estimate of drug-likeness (QED) is 0.0264. The van der Waals surface area contributed by atoms with Gasteiger partial charge in [0.1, 0.15) is 6.61 Å². The third kappa shape index (κ3) is 55.1. The largest absolute Gasteiger partial charge is 0.472 e. The lowest BCUT2D eigenvalue weighted by atomic mass is 10.0. The van der Waals surface area contributed by atoms with E-state index in [0.717, 1.165) is 64.2 Å². The van der Waals surface area contributed by atoms with Crippen LogP contribution in [-0.4, -0.2) is 49.3 Å². The summed E-state index contributed by atoms with van der Waals surface area (Å²) in [7, 11) is -4.39. The number of unbranched alkanes of at least 4 members (excludes halogenated alkanes) is 34. The molecule has 0 amide bonds. The van der Waals surface area contributed by atoms with Crippen LogP contribution in [0.15, 0.2) is 48.6 Å². The Morgan fingerprint density at radius 1 is 0.449 bits per heavy atom. The Morgan fingerprint density at radius 3 is 1.20 bits per heavy atom. The predicted octanol–water partition coefficient (Wildman–Crippen LogP) is 18.2. The minimum Gasteiger partial charge on any atom is -0.462 e. The van der Waals surface area contributed by atoms with Gasteiger partial charge >= 0.3 is 19.8 Å². The lowest BCUT2D eigenvalue weighted by Crippen LogP contribution is -2.29. The first-order valence-corrected chi connectivity index (χ1v) is 30.6. The van der Waals surface area contributed by atoms with E-state index < -0.39 is 26.5 Å². The van der Waals surface area contributed by atoms with E-state index in [1.54, 1.807) is 0 Å². The molecule has 0 aliphatic rings. The first-order valence-electron chi connectivity index (χ1n) is 29.1. The molecule has 0 aliphatic carbocycles. The molecule has 0 heterocycles. The Bertz CT molecular complexity index is 1270. The Labute approximate surface area is 426 Å². The molecule has 0 spiro atoms. The van der Waals surface area contributed by atoms with Crippen molar-refractivity contribution in [2.45, 2.75) is 290 Å². The van der Waals surface area contributed by atoms with E-state index >= 15 is 0 Å². The number of nitrogens with two attached hydrogens (primary N) is 1. The fourth-order valence-electron chi connectivity index (χ4n) is 8.41. The summed E-state index contributed by atoms with van der Waals surface area (Å²) >= 11 is 0. The standard InChI is InChI=1S/C59H110NO8P/c1-3-5-7-9-11-13-15-17-19-21-22-23-24-25-26-27-28-29-30-31-32-33-34-36-37-39-41-43-45-47-49-51-58(61)65-55-57(56-67-69(63,64)66-54-53-60)68-59(62)52-50-48-46-44-42-40-38-35-20-18-16-14-12-10-8-6-4-2/h6,8,12,14,18,20-22,57H,3-5,7,9-11,13,15-17,19,23-56,60H2,1-2H3,(H,63,64)/b8-6-,14-12-,20-18-,22-21-. The molecule has 404 valence electrons. The van der Waals surface area contributed by atoms with Crippen LogP contribution in [0.1, 0.15) is 284 Å². The zero-order valence-corrected chi connectivity index (χ0v) is 45.9. The van der Waals surface area contributed by atoms with Crippen LogP contribution < -0.4 is 5.73 Å². The summed E-state index contributed by atoms with van der Waals surface area (Å²) in [6, 6.07) is 0. The lowest BCUT2D eigenvalue weighted by Gasteiger charge is -2.19. The molecule has 0 radical (unpaired) electrons. The van der Waals surface area contributed by atoms with Crippen LogP contribution in [0, 0.1) is 0 Å². The molecule has 0 bridgehead atoms. The van der Waals surface area contributed by atoms with E-state index in [-0.39, 0.29) is 38.6 Å². The van der Waals surface area contributed by atoms with E-state index in [1.165, 1.54) is 186 Å². The van der Waals surface area contributed by atoms with Gasteiger partial charge in [0, 0.05) is 19.4 Å². The average Bonchev–Trinajstić information content (AvgIpc) is 3.34. The fraction of sp³-hybridized carbons (Fsp3) is 0.831. The number of ether oxygens (including phenoxy) is 2. The minimum absolute atomic E-state index is 0.0515. The number of hydrogen-bond donors (Lipinski definition) is 2. The van der Waals surface area contributed by atoms with Gasteiger partial charge < -0.3 is 20.1 Å². The van der Waals surface area contributed by atoms with Crippen molar-refractivity contribution < 1.29 is 37.6 Å². The molecule has 0 saturated heterocycles. The van der Waals surface area contributed by atoms with Gasteiger partial charge in [0.05, 0.1) is 13.2 Å². The van der Waals surface area contributed by atoms with Gasteiger partial charge in [-0.3, -0.25) is 18.6 Å². The molecule has 0 aromatic heterocycles. The third-order valence-corrected chi connectivity index (χ3v) is 13.7. The maximum absolute atomic E-state index is 12.7. The Morgan fingerprint density at radius 2 is 0.797 bits per heavy atom. The second-order valence-electron chi connectivity index (χ2n) is 19.5. The van der Waals surface area contributed by atoms with E-state index in [2.05, 4.69) is 62.5 Å². The van der Waals surface area contributed by atoms with Gasteiger partial charge in [-0.05, 0) is 70.6 Å². The second kappa shape index (κ2) is 55.3. The number of phosphoric acid groups is 1. The van der Waals surface area contributed by atoms with Crippen molar-refractivity contribution in [3.05, 3.63) is 48.6 Å². The second-order valence-corrected chi connectivity index (χ2v) is 20.9. The van der Waals surface area contributed by atoms with Crippen molar-refractivity contribution >= 4 is 19.8 Å². The summed E-state index contributed by atoms with van der Waals surface area (Å²) < 4.78 is 33.0. The van der Waals surface area contributed by atoms with E-state index in [4.69, 9.17) is 24.3 Å². The van der Waals surface area contributed by atoms with Gasteiger partial charge in [-0.15, -0.1) is 0 Å². The molecule has 10 heteroatoms. The summed E-state index contributed by atoms with van der Waals surface area (Å²) in [4.78, 5) is 35.1. The molecule has 2 atom stereocenters. The molecule has 0 saturated carbocycles. The number of esters is 2. The maximum atomic E-state index is 12.7. The molecule has 0 aliphatic heterocycles. The highest BCUT2D eigenvalue weighted by Crippen LogP contribution is 2.43. The summed E-state index contributed by atoms with van der Waals surface area (Å²) in [5, 5.41) is 0. The third-order valence-electron chi connectivity index (χ3n) is 12.7. The Balaban J connectivity index is 3.87. The smallest absolute Gasteiger partial charge is 0.462 e. The summed E-state index contributed by atoms with van der Waals surface area (Å²) in [6.07, 6.45) is 67.5. The molecular formula is C59H110NO8P. The van der Waals surface area contributed by atoms with Crippen LogP contribution in [0.25, 0.3) is 0 Å². The van der Waals surface area contributed by atoms with Gasteiger partial charge in [-0.2, -0.15) is 0 Å². The molecule has 69 heavy (non-hydrogen) atoms. The highest BCUT2D eigenvalue weighted by Gasteiger charge is 2.26. The summed E-state index contributed by atoms with van der Waals surface area (Å²) in [5.41, 5.74) is 5.38. The van der Waals surface area contributed by atoms with Crippen LogP contribution in [0.4, 0.5) is 0 Å². The van der Waals surface area contributed by atoms with Gasteiger partial charge in [0.15, 0.2) is 6.10 Å². The highest BCUT2D eigenvalue weighted by molar-refractivity contribution is 7.47. The number of rotatable bonds is 55. The monoisotopic (exact) mass is 992 g/mol. The molecule has 0 aromatic carbocycles. The van der Waals surface area contributed by atoms with Crippen molar-refractivity contribution in [3.63, 3.8) is 0 Å². The van der Waals surface area contributed by atoms with E-state index in [9.17, 15) is 19.0 Å². The molecule has 0 fully saturated rings. The highest BCUT2D eigenvalue weighted by atomic mass is 31.2. The normalized spacial score (nSPS) is 13.4. The van der Waals surface area contributed by atoms with Crippen molar-refractivity contribution in [2.24, 2.45) is 5.73 Å². The average molecular weight is 993 g/mol. The van der Waals surface area contributed by atoms with Gasteiger partial charge in [0.25, 0.3) is 0 Å². The first-order chi connectivity index (χ1) is 33.8. The molecular weight excluding hydrogens is 882 g/mol. The van der Waals surface area contributed by atoms with Crippen LogP contribution >= 0.6 is 7.82 Å². The van der Waals surface area contributed by atoms with Crippen molar-refractivity contribution in [1.29, 1.82) is 0 Å². The first kappa shape index (κ1) is 67.0. The van der Waals surface area contributed by atoms with Crippen molar-refractivity contribution in [3.8, 4) is 0 Å². The number of allylic oxidation sites excluding steroid dienone is 8. The summed E-state index contributed by atoms with van der Waals surface area (Å²) in [6.45, 7) is 3.65. The molecule has 9 nitrogen and oxygen atoms in total. The number of hydrogen-bond acceptors (Lipinski definition) is 8. The maximum Gasteiger partial charge on any atom is 0.472 e. The zero-order valence-electron chi connectivity index (χ0n) is 45.1. The SMILES string of the molecule is CC/C=C\C/C=C\C/C=C\CCCCCCCCCC(=O)OC(COC(=O)CCCCCCCCCCCCCCCCCCCCC/C=C\CCCCCCCCCC)COP(=O)(O)OCCN. The number of carbonyl (C=O) groups is 2. The summed E-state index contributed by atoms with van der Waals surface area (Å²) in [5.74, 6) is -0.829. The van der Waals surface area contributed by atoms with Crippen LogP contribution in [0.3, 0.4) is 0 Å². The molecule has 0 rings (SSSR count). The minimum atomic E-state index is -4.39. The van der Waals surface area contributed by atoms with Gasteiger partial charge in [0.2, 0.25) is 0 Å². The van der Waals surface area contributed by atoms with Crippen LogP contribution in [0.2, 0.25) is 0 Å². The zero-order chi connectivity index (χ0) is 50.2. The van der Waals surface area contributed by atoms with Gasteiger partial charge in [-0.1, -0.05) is 249 Å². The van der Waals surface area contributed by atoms with E-state index in [1.807, 2.05) is 0 Å². The van der Waals surface area contributed by atoms with Crippen molar-refractivity contribution in [1.82, 2.24) is 0 Å². The Hall–Kier alpha value is -2.03. The topological polar surface area (TPSA) is 134 Å². The van der Waals surface area contributed by atoms with Crippen molar-refractivity contribution in [2.75, 3.05) is 26.4 Å². The van der Waals surface area contributed by atoms with E-state index in [0.29, 0.717) is 6.42 Å². The Kier molecular flexibility index (Phi) is 53.7. The molecule has 2 unspecified atom stereocenters.